The first-order valence-corrected chi connectivity index (χ1v) is 7.30. The van der Waals surface area contributed by atoms with Crippen LogP contribution in [0, 0.1) is 0 Å². The summed E-state index contributed by atoms with van der Waals surface area (Å²) in [4.78, 5) is 23.6. The second-order valence-electron chi connectivity index (χ2n) is 3.89. The Balaban J connectivity index is 2.72. The molecule has 0 atom stereocenters. The van der Waals surface area contributed by atoms with E-state index in [0.717, 1.165) is 5.56 Å². The molecule has 0 aliphatic rings. The lowest BCUT2D eigenvalue weighted by Gasteiger charge is -2.09. The summed E-state index contributed by atoms with van der Waals surface area (Å²) >= 11 is 8.07. The summed E-state index contributed by atoms with van der Waals surface area (Å²) in [6.07, 6.45) is 0.193. The van der Waals surface area contributed by atoms with Crippen LogP contribution in [0.4, 0.5) is 0 Å². The number of thiol groups is 2. The van der Waals surface area contributed by atoms with E-state index in [1.165, 1.54) is 0 Å². The average molecular weight is 298 g/mol. The topological polar surface area (TPSA) is 58.2 Å². The number of carbonyl (C=O) groups excluding carboxylic acids is 2. The van der Waals surface area contributed by atoms with Crippen molar-refractivity contribution in [2.24, 2.45) is 0 Å². The molecule has 2 amide bonds. The van der Waals surface area contributed by atoms with Gasteiger partial charge in [0.1, 0.15) is 0 Å². The molecular formula is C13H18N2O2S2. The number of hydrogen-bond acceptors (Lipinski definition) is 4. The van der Waals surface area contributed by atoms with Crippen LogP contribution >= 0.6 is 25.3 Å². The Morgan fingerprint density at radius 3 is 2.32 bits per heavy atom. The molecule has 104 valence electrons. The van der Waals surface area contributed by atoms with Crippen molar-refractivity contribution in [3.05, 3.63) is 35.4 Å². The molecule has 1 aromatic carbocycles. The maximum atomic E-state index is 11.9. The zero-order valence-electron chi connectivity index (χ0n) is 10.6. The van der Waals surface area contributed by atoms with E-state index in [1.807, 2.05) is 6.07 Å². The van der Waals surface area contributed by atoms with Crippen LogP contribution in [0.15, 0.2) is 24.3 Å². The molecule has 0 aliphatic carbocycles. The molecule has 6 heteroatoms. The van der Waals surface area contributed by atoms with Crippen LogP contribution in [-0.2, 0) is 11.2 Å². The second-order valence-corrected chi connectivity index (χ2v) is 4.78. The minimum atomic E-state index is -0.174. The van der Waals surface area contributed by atoms with E-state index in [2.05, 4.69) is 35.9 Å². The first kappa shape index (κ1) is 15.9. The Kier molecular flexibility index (Phi) is 7.43. The summed E-state index contributed by atoms with van der Waals surface area (Å²) in [5.41, 5.74) is 1.25. The number of benzene rings is 1. The number of amides is 2. The highest BCUT2D eigenvalue weighted by Gasteiger charge is 2.12. The molecule has 0 radical (unpaired) electrons. The maximum absolute atomic E-state index is 11.9. The smallest absolute Gasteiger partial charge is 0.251 e. The van der Waals surface area contributed by atoms with Gasteiger partial charge in [-0.1, -0.05) is 18.2 Å². The van der Waals surface area contributed by atoms with Gasteiger partial charge in [0.15, 0.2) is 0 Å². The fourth-order valence-electron chi connectivity index (χ4n) is 1.59. The van der Waals surface area contributed by atoms with Crippen molar-refractivity contribution in [1.29, 1.82) is 0 Å². The highest BCUT2D eigenvalue weighted by molar-refractivity contribution is 7.80. The molecule has 0 fully saturated rings. The summed E-state index contributed by atoms with van der Waals surface area (Å²) in [5.74, 6) is 0.890. The second kappa shape index (κ2) is 8.87. The quantitative estimate of drug-likeness (QED) is 0.566. The molecule has 0 saturated heterocycles. The molecule has 0 heterocycles. The van der Waals surface area contributed by atoms with Crippen LogP contribution in [0.25, 0.3) is 0 Å². The zero-order valence-corrected chi connectivity index (χ0v) is 12.3. The molecule has 0 saturated carbocycles. The van der Waals surface area contributed by atoms with Crippen LogP contribution in [0.2, 0.25) is 0 Å². The number of carbonyl (C=O) groups is 2. The Hall–Kier alpha value is -1.14. The molecule has 0 aliphatic heterocycles. The summed E-state index contributed by atoms with van der Waals surface area (Å²) in [6.45, 7) is 1.03. The van der Waals surface area contributed by atoms with Crippen molar-refractivity contribution in [3.8, 4) is 0 Å². The highest BCUT2D eigenvalue weighted by atomic mass is 32.1. The lowest BCUT2D eigenvalue weighted by Crippen LogP contribution is -2.29. The van der Waals surface area contributed by atoms with Crippen LogP contribution in [0.1, 0.15) is 15.9 Å². The molecule has 19 heavy (non-hydrogen) atoms. The Labute approximate surface area is 124 Å². The Bertz CT molecular complexity index is 438. The molecule has 0 bridgehead atoms. The lowest BCUT2D eigenvalue weighted by atomic mass is 10.0. The largest absolute Gasteiger partial charge is 0.355 e. The molecule has 0 spiro atoms. The van der Waals surface area contributed by atoms with Crippen LogP contribution in [0.5, 0.6) is 0 Å². The first-order valence-electron chi connectivity index (χ1n) is 6.03. The van der Waals surface area contributed by atoms with E-state index in [0.29, 0.717) is 30.2 Å². The third kappa shape index (κ3) is 5.57. The Morgan fingerprint density at radius 2 is 1.63 bits per heavy atom. The van der Waals surface area contributed by atoms with Gasteiger partial charge < -0.3 is 10.6 Å². The van der Waals surface area contributed by atoms with Gasteiger partial charge in [0.05, 0.1) is 6.42 Å². The third-order valence-corrected chi connectivity index (χ3v) is 2.89. The van der Waals surface area contributed by atoms with Gasteiger partial charge in [0, 0.05) is 30.2 Å². The lowest BCUT2D eigenvalue weighted by molar-refractivity contribution is -0.120. The maximum Gasteiger partial charge on any atom is 0.251 e. The average Bonchev–Trinajstić information content (AvgIpc) is 2.43. The molecular weight excluding hydrogens is 280 g/mol. The summed E-state index contributed by atoms with van der Waals surface area (Å²) in [7, 11) is 0. The minimum absolute atomic E-state index is 0.108. The summed E-state index contributed by atoms with van der Waals surface area (Å²) in [6, 6.07) is 7.10. The fourth-order valence-corrected chi connectivity index (χ4v) is 1.82. The zero-order chi connectivity index (χ0) is 14.1. The van der Waals surface area contributed by atoms with Gasteiger partial charge in [-0.3, -0.25) is 9.59 Å². The van der Waals surface area contributed by atoms with E-state index >= 15 is 0 Å². The summed E-state index contributed by atoms with van der Waals surface area (Å²) in [5, 5.41) is 5.48. The minimum Gasteiger partial charge on any atom is -0.355 e. The van der Waals surface area contributed by atoms with Crippen LogP contribution < -0.4 is 10.6 Å². The Morgan fingerprint density at radius 1 is 1.00 bits per heavy atom. The fraction of sp³-hybridized carbons (Fsp3) is 0.385. The molecule has 4 nitrogen and oxygen atoms in total. The SMILES string of the molecule is O=C(Cc1ccccc1C(=O)NCCS)NCCS. The van der Waals surface area contributed by atoms with Gasteiger partial charge >= 0.3 is 0 Å². The van der Waals surface area contributed by atoms with Gasteiger partial charge in [-0.15, -0.1) is 0 Å². The number of hydrogen-bond donors (Lipinski definition) is 4. The van der Waals surface area contributed by atoms with E-state index in [4.69, 9.17) is 0 Å². The molecule has 0 unspecified atom stereocenters. The normalized spacial score (nSPS) is 10.0. The van der Waals surface area contributed by atoms with Gasteiger partial charge in [0.25, 0.3) is 5.91 Å². The van der Waals surface area contributed by atoms with E-state index < -0.39 is 0 Å². The summed E-state index contributed by atoms with van der Waals surface area (Å²) < 4.78 is 0. The van der Waals surface area contributed by atoms with Crippen LogP contribution in [0.3, 0.4) is 0 Å². The van der Waals surface area contributed by atoms with Gasteiger partial charge in [-0.25, -0.2) is 0 Å². The van der Waals surface area contributed by atoms with E-state index in [9.17, 15) is 9.59 Å². The number of nitrogens with one attached hydrogen (secondary N) is 2. The standard InChI is InChI=1S/C13H18N2O2S2/c16-12(14-5-7-18)9-10-3-1-2-4-11(10)13(17)15-6-8-19/h1-4,18-19H,5-9H2,(H,14,16)(H,15,17). The molecule has 2 N–H and O–H groups in total. The third-order valence-electron chi connectivity index (χ3n) is 2.44. The number of rotatable bonds is 7. The monoisotopic (exact) mass is 298 g/mol. The van der Waals surface area contributed by atoms with Gasteiger partial charge in [-0.05, 0) is 11.6 Å². The van der Waals surface area contributed by atoms with Crippen molar-refractivity contribution < 1.29 is 9.59 Å². The molecule has 1 aromatic rings. The predicted molar refractivity (Wildman–Crippen MR) is 83.2 cm³/mol. The van der Waals surface area contributed by atoms with Crippen molar-refractivity contribution >= 4 is 37.1 Å². The van der Waals surface area contributed by atoms with E-state index in [-0.39, 0.29) is 18.2 Å². The predicted octanol–water partition coefficient (Wildman–Crippen LogP) is 0.935. The molecule has 1 rings (SSSR count). The van der Waals surface area contributed by atoms with Crippen molar-refractivity contribution in [2.45, 2.75) is 6.42 Å². The molecule has 0 aromatic heterocycles. The first-order chi connectivity index (χ1) is 9.19. The van der Waals surface area contributed by atoms with Crippen molar-refractivity contribution in [3.63, 3.8) is 0 Å². The van der Waals surface area contributed by atoms with E-state index in [1.54, 1.807) is 18.2 Å². The highest BCUT2D eigenvalue weighted by Crippen LogP contribution is 2.09. The van der Waals surface area contributed by atoms with Crippen LogP contribution in [-0.4, -0.2) is 36.4 Å². The van der Waals surface area contributed by atoms with Crippen molar-refractivity contribution in [2.75, 3.05) is 24.6 Å². The van der Waals surface area contributed by atoms with Gasteiger partial charge in [-0.2, -0.15) is 25.3 Å². The van der Waals surface area contributed by atoms with Crippen molar-refractivity contribution in [1.82, 2.24) is 10.6 Å². The van der Waals surface area contributed by atoms with Gasteiger partial charge in [0.2, 0.25) is 5.91 Å².